The van der Waals surface area contributed by atoms with E-state index < -0.39 is 59.0 Å². The second-order valence-corrected chi connectivity index (χ2v) is 8.10. The number of ether oxygens (including phenoxy) is 1. The maximum Gasteiger partial charge on any atom is 0.417 e. The van der Waals surface area contributed by atoms with Crippen molar-refractivity contribution in [1.29, 1.82) is 0 Å². The lowest BCUT2D eigenvalue weighted by Gasteiger charge is -2.43. The van der Waals surface area contributed by atoms with E-state index in [4.69, 9.17) is 16.2 Å². The highest BCUT2D eigenvalue weighted by atomic mass is 19.4. The van der Waals surface area contributed by atoms with E-state index >= 15 is 0 Å². The van der Waals surface area contributed by atoms with Crippen LogP contribution in [0.4, 0.5) is 13.2 Å². The second-order valence-electron chi connectivity index (χ2n) is 8.10. The molecule has 0 amide bonds. The molecule has 13 heteroatoms. The molecule has 1 aromatic rings. The Bertz CT molecular complexity index is 1030. The van der Waals surface area contributed by atoms with Gasteiger partial charge in [0.25, 0.3) is 5.79 Å². The van der Waals surface area contributed by atoms with Gasteiger partial charge < -0.3 is 26.0 Å². The number of benzene rings is 1. The third kappa shape index (κ3) is 2.84. The summed E-state index contributed by atoms with van der Waals surface area (Å²) < 4.78 is 46.7. The Morgan fingerprint density at radius 3 is 2.59 bits per heavy atom. The number of nitrogens with zero attached hydrogens (tertiary/aromatic N) is 2. The molecule has 0 bridgehead atoms. The number of guanidine groups is 2. The number of hydrogen-bond acceptors (Lipinski definition) is 9. The van der Waals surface area contributed by atoms with Gasteiger partial charge in [-0.3, -0.25) is 11.1 Å². The predicted octanol–water partition coefficient (Wildman–Crippen LogP) is -0.994. The van der Waals surface area contributed by atoms with E-state index in [0.717, 1.165) is 18.2 Å². The van der Waals surface area contributed by atoms with E-state index in [-0.39, 0.29) is 11.9 Å². The Balaban J connectivity index is 1.76. The van der Waals surface area contributed by atoms with Crippen LogP contribution < -0.4 is 22.1 Å². The van der Waals surface area contributed by atoms with Gasteiger partial charge in [0.1, 0.15) is 18.1 Å². The molecule has 10 nitrogen and oxygen atoms in total. The maximum absolute atomic E-state index is 13.4. The van der Waals surface area contributed by atoms with Crippen LogP contribution in [0.3, 0.4) is 0 Å². The van der Waals surface area contributed by atoms with Gasteiger partial charge in [0.2, 0.25) is 5.66 Å². The first-order valence-corrected chi connectivity index (χ1v) is 9.98. The predicted molar refractivity (Wildman–Crippen MR) is 105 cm³/mol. The SMILES string of the molecule is CC[C@@H]1NC(N)=[N+]2[C@@H](C)[C@H](OC(=O)c3ccccc3C(F)(F)F)C(O)(O)[C@@]23NC(N)=N[C@@H]13. The number of halogens is 3. The van der Waals surface area contributed by atoms with Crippen molar-refractivity contribution in [3.05, 3.63) is 35.4 Å². The van der Waals surface area contributed by atoms with Crippen LogP contribution in [0.15, 0.2) is 29.3 Å². The van der Waals surface area contributed by atoms with Crippen molar-refractivity contribution < 1.29 is 37.5 Å². The Kier molecular flexibility index (Phi) is 4.82. The summed E-state index contributed by atoms with van der Waals surface area (Å²) in [5, 5.41) is 28.4. The maximum atomic E-state index is 13.4. The van der Waals surface area contributed by atoms with Gasteiger partial charge in [-0.25, -0.2) is 14.4 Å². The van der Waals surface area contributed by atoms with Gasteiger partial charge in [-0.2, -0.15) is 13.2 Å². The first-order chi connectivity index (χ1) is 14.9. The molecule has 32 heavy (non-hydrogen) atoms. The van der Waals surface area contributed by atoms with Crippen molar-refractivity contribution in [2.24, 2.45) is 16.5 Å². The first-order valence-electron chi connectivity index (χ1n) is 9.98. The number of carbonyl (C=O) groups excluding carboxylic acids is 1. The Morgan fingerprint density at radius 2 is 1.97 bits per heavy atom. The van der Waals surface area contributed by atoms with Crippen molar-refractivity contribution >= 4 is 17.9 Å². The van der Waals surface area contributed by atoms with E-state index in [2.05, 4.69) is 15.6 Å². The fraction of sp³-hybridized carbons (Fsp3) is 0.526. The Morgan fingerprint density at radius 1 is 1.31 bits per heavy atom. The molecule has 1 saturated heterocycles. The molecule has 0 radical (unpaired) electrons. The number of nitrogens with two attached hydrogens (primary N) is 2. The molecule has 174 valence electrons. The third-order valence-electron chi connectivity index (χ3n) is 6.31. The number of esters is 1. The number of nitrogens with one attached hydrogen (secondary N) is 2. The molecule has 0 saturated carbocycles. The average molecular weight is 457 g/mol. The first kappa shape index (κ1) is 22.1. The fourth-order valence-electron chi connectivity index (χ4n) is 4.97. The van der Waals surface area contributed by atoms with Crippen molar-refractivity contribution in [1.82, 2.24) is 10.6 Å². The summed E-state index contributed by atoms with van der Waals surface area (Å²) in [7, 11) is 0. The lowest BCUT2D eigenvalue weighted by atomic mass is 9.85. The molecule has 4 rings (SSSR count). The van der Waals surface area contributed by atoms with Crippen LogP contribution in [0.5, 0.6) is 0 Å². The van der Waals surface area contributed by atoms with E-state index in [9.17, 15) is 28.2 Å². The highest BCUT2D eigenvalue weighted by molar-refractivity contribution is 5.91. The molecule has 1 fully saturated rings. The molecule has 0 aromatic heterocycles. The normalized spacial score (nSPS) is 33.0. The molecule has 1 spiro atoms. The number of alkyl halides is 3. The highest BCUT2D eigenvalue weighted by Gasteiger charge is 2.78. The zero-order valence-corrected chi connectivity index (χ0v) is 17.2. The van der Waals surface area contributed by atoms with E-state index in [1.807, 2.05) is 6.92 Å². The standard InChI is InChI=1S/C19H23F3N6O4/c1-3-11-12-17(27-15(23)26-12)18(30,31)13(8(2)28(17)16(24)25-11)32-14(29)9-6-4-5-7-10(9)19(20,21)22/h4-8,11-13,30-31H,3H2,1-2H3,(H5,23,24,25,26,27)/p+1/t8-,11-,12-,13-,17-/m0/s1. The zero-order valence-electron chi connectivity index (χ0n) is 17.2. The molecule has 3 heterocycles. The van der Waals surface area contributed by atoms with Crippen molar-refractivity contribution in [3.8, 4) is 0 Å². The molecule has 1 aromatic carbocycles. The van der Waals surface area contributed by atoms with Gasteiger partial charge in [-0.05, 0) is 25.5 Å². The van der Waals surface area contributed by atoms with Crippen molar-refractivity contribution in [2.75, 3.05) is 0 Å². The molecule has 8 N–H and O–H groups in total. The van der Waals surface area contributed by atoms with Crippen molar-refractivity contribution in [2.45, 2.75) is 62.1 Å². The minimum absolute atomic E-state index is 0.0553. The average Bonchev–Trinajstić information content (AvgIpc) is 3.14. The van der Waals surface area contributed by atoms with E-state index in [0.29, 0.717) is 6.42 Å². The van der Waals surface area contributed by atoms with Crippen LogP contribution in [-0.2, 0) is 10.9 Å². The van der Waals surface area contributed by atoms with Crippen LogP contribution in [0.2, 0.25) is 0 Å². The Hall–Kier alpha value is -3.06. The topological polar surface area (TPSA) is 158 Å². The Labute approximate surface area is 180 Å². The second kappa shape index (κ2) is 6.97. The lowest BCUT2D eigenvalue weighted by molar-refractivity contribution is -0.646. The summed E-state index contributed by atoms with van der Waals surface area (Å²) in [6.07, 6.45) is -6.00. The largest absolute Gasteiger partial charge is 0.449 e. The fourth-order valence-corrected chi connectivity index (χ4v) is 4.97. The van der Waals surface area contributed by atoms with Gasteiger partial charge in [-0.15, -0.1) is 0 Å². The molecule has 5 atom stereocenters. The quantitative estimate of drug-likeness (QED) is 0.192. The van der Waals surface area contributed by atoms with Gasteiger partial charge in [0.15, 0.2) is 12.1 Å². The third-order valence-corrected chi connectivity index (χ3v) is 6.31. The van der Waals surface area contributed by atoms with Gasteiger partial charge in [-0.1, -0.05) is 19.1 Å². The number of carbonyl (C=O) groups is 1. The summed E-state index contributed by atoms with van der Waals surface area (Å²) in [6.45, 7) is 3.33. The molecule has 3 aliphatic heterocycles. The minimum atomic E-state index is -4.81. The summed E-state index contributed by atoms with van der Waals surface area (Å²) in [6, 6.07) is 1.84. The number of hydrogen-bond donors (Lipinski definition) is 6. The lowest BCUT2D eigenvalue weighted by Crippen LogP contribution is -2.78. The monoisotopic (exact) mass is 457 g/mol. The molecule has 0 aliphatic carbocycles. The number of rotatable bonds is 3. The summed E-state index contributed by atoms with van der Waals surface area (Å²) >= 11 is 0. The molecular weight excluding hydrogens is 433 g/mol. The van der Waals surface area contributed by atoms with Gasteiger partial charge >= 0.3 is 18.1 Å². The van der Waals surface area contributed by atoms with Gasteiger partial charge in [0.05, 0.1) is 11.1 Å². The van der Waals surface area contributed by atoms with Crippen LogP contribution in [0.25, 0.3) is 0 Å². The van der Waals surface area contributed by atoms with Crippen molar-refractivity contribution in [3.63, 3.8) is 0 Å². The molecule has 0 unspecified atom stereocenters. The minimum Gasteiger partial charge on any atom is -0.449 e. The summed E-state index contributed by atoms with van der Waals surface area (Å²) in [4.78, 5) is 17.1. The van der Waals surface area contributed by atoms with Gasteiger partial charge in [0, 0.05) is 0 Å². The zero-order chi connectivity index (χ0) is 23.6. The summed E-state index contributed by atoms with van der Waals surface area (Å²) in [5.74, 6) is -4.20. The number of aliphatic hydroxyl groups is 2. The molecule has 3 aliphatic rings. The molecular formula is C19H24F3N6O4+. The van der Waals surface area contributed by atoms with Crippen LogP contribution >= 0.6 is 0 Å². The summed E-state index contributed by atoms with van der Waals surface area (Å²) in [5.41, 5.74) is 8.29. The van der Waals surface area contributed by atoms with Crippen LogP contribution in [-0.4, -0.2) is 68.4 Å². The number of aliphatic imine (C=N–C) groups is 1. The highest BCUT2D eigenvalue weighted by Crippen LogP contribution is 2.46. The van der Waals surface area contributed by atoms with Crippen LogP contribution in [0, 0.1) is 0 Å². The van der Waals surface area contributed by atoms with E-state index in [1.165, 1.54) is 17.6 Å². The van der Waals surface area contributed by atoms with Crippen LogP contribution in [0.1, 0.15) is 36.2 Å². The smallest absolute Gasteiger partial charge is 0.417 e. The van der Waals surface area contributed by atoms with E-state index in [1.54, 1.807) is 0 Å².